The number of benzene rings is 2. The van der Waals surface area contributed by atoms with Crippen molar-refractivity contribution in [2.75, 3.05) is 22.5 Å². The maximum Gasteiger partial charge on any atom is 0.255 e. The Kier molecular flexibility index (Phi) is 4.51. The van der Waals surface area contributed by atoms with Crippen molar-refractivity contribution in [3.63, 3.8) is 0 Å². The fraction of sp³-hybridized carbons (Fsp3) is 0.316. The van der Waals surface area contributed by atoms with Crippen LogP contribution in [0.2, 0.25) is 0 Å². The maximum absolute atomic E-state index is 12.5. The first kappa shape index (κ1) is 15.4. The Labute approximate surface area is 137 Å². The van der Waals surface area contributed by atoms with E-state index in [-0.39, 0.29) is 5.91 Å². The van der Waals surface area contributed by atoms with Crippen LogP contribution in [-0.4, -0.2) is 18.5 Å². The van der Waals surface area contributed by atoms with Crippen LogP contribution >= 0.6 is 0 Å². The predicted octanol–water partition coefficient (Wildman–Crippen LogP) is 3.90. The van der Waals surface area contributed by atoms with Gasteiger partial charge in [-0.25, -0.2) is 0 Å². The quantitative estimate of drug-likeness (QED) is 0.845. The van der Waals surface area contributed by atoms with E-state index in [1.54, 1.807) is 0 Å². The molecule has 0 spiro atoms. The lowest BCUT2D eigenvalue weighted by Gasteiger charge is -2.36. The molecule has 0 unspecified atom stereocenters. The minimum Gasteiger partial charge on any atom is -0.399 e. The highest BCUT2D eigenvalue weighted by atomic mass is 16.1. The Hall–Kier alpha value is -2.49. The molecule has 3 rings (SSSR count). The van der Waals surface area contributed by atoms with Crippen LogP contribution in [0.15, 0.2) is 48.5 Å². The number of hydrogen-bond acceptors (Lipinski definition) is 3. The smallest absolute Gasteiger partial charge is 0.255 e. The molecule has 4 heteroatoms. The largest absolute Gasteiger partial charge is 0.399 e. The van der Waals surface area contributed by atoms with Gasteiger partial charge in [-0.05, 0) is 56.5 Å². The summed E-state index contributed by atoms with van der Waals surface area (Å²) in [7, 11) is 0. The van der Waals surface area contributed by atoms with Gasteiger partial charge in [0.05, 0.1) is 11.4 Å². The molecule has 0 aromatic heterocycles. The van der Waals surface area contributed by atoms with Crippen LogP contribution in [0, 0.1) is 0 Å². The molecule has 1 saturated heterocycles. The number of nitrogen functional groups attached to an aromatic ring is 1. The molecule has 120 valence electrons. The summed E-state index contributed by atoms with van der Waals surface area (Å²) in [5, 5.41) is 3.02. The van der Waals surface area contributed by atoms with E-state index in [1.807, 2.05) is 48.5 Å². The number of nitrogens with two attached hydrogens (primary N) is 1. The van der Waals surface area contributed by atoms with Gasteiger partial charge in [-0.3, -0.25) is 4.79 Å². The highest BCUT2D eigenvalue weighted by Crippen LogP contribution is 2.33. The number of carbonyl (C=O) groups is 1. The molecule has 23 heavy (non-hydrogen) atoms. The summed E-state index contributed by atoms with van der Waals surface area (Å²) in [6, 6.07) is 15.5. The van der Waals surface area contributed by atoms with E-state index in [0.29, 0.717) is 17.3 Å². The van der Waals surface area contributed by atoms with E-state index < -0.39 is 0 Å². The van der Waals surface area contributed by atoms with Crippen LogP contribution in [0.5, 0.6) is 0 Å². The van der Waals surface area contributed by atoms with Crippen molar-refractivity contribution in [3.8, 4) is 0 Å². The number of piperidine rings is 1. The number of hydrogen-bond donors (Lipinski definition) is 2. The van der Waals surface area contributed by atoms with Crippen LogP contribution in [-0.2, 0) is 0 Å². The number of anilines is 3. The average molecular weight is 309 g/mol. The molecule has 1 amide bonds. The van der Waals surface area contributed by atoms with E-state index in [9.17, 15) is 4.79 Å². The molecular weight excluding hydrogens is 286 g/mol. The second-order valence-corrected chi connectivity index (χ2v) is 6.13. The van der Waals surface area contributed by atoms with Crippen molar-refractivity contribution in [2.45, 2.75) is 32.2 Å². The second-order valence-electron chi connectivity index (χ2n) is 6.13. The van der Waals surface area contributed by atoms with Crippen LogP contribution in [0.4, 0.5) is 17.1 Å². The Morgan fingerprint density at radius 2 is 1.96 bits per heavy atom. The lowest BCUT2D eigenvalue weighted by molar-refractivity contribution is 0.102. The highest BCUT2D eigenvalue weighted by molar-refractivity contribution is 6.06. The Morgan fingerprint density at radius 1 is 1.17 bits per heavy atom. The molecule has 0 aliphatic carbocycles. The van der Waals surface area contributed by atoms with Crippen molar-refractivity contribution >= 4 is 23.0 Å². The fourth-order valence-electron chi connectivity index (χ4n) is 3.14. The SMILES string of the molecule is C[C@H]1CCCCN1c1ccc(N)cc1NC(=O)c1ccccc1. The third-order valence-electron chi connectivity index (χ3n) is 4.42. The van der Waals surface area contributed by atoms with E-state index in [0.717, 1.165) is 17.9 Å². The molecule has 1 aliphatic heterocycles. The first-order valence-corrected chi connectivity index (χ1v) is 8.18. The van der Waals surface area contributed by atoms with E-state index in [4.69, 9.17) is 5.73 Å². The zero-order valence-corrected chi connectivity index (χ0v) is 13.5. The monoisotopic (exact) mass is 309 g/mol. The number of carbonyl (C=O) groups excluding carboxylic acids is 1. The van der Waals surface area contributed by atoms with Gasteiger partial charge in [0.1, 0.15) is 0 Å². The minimum atomic E-state index is -0.109. The summed E-state index contributed by atoms with van der Waals surface area (Å²) in [4.78, 5) is 14.8. The molecule has 1 fully saturated rings. The first-order valence-electron chi connectivity index (χ1n) is 8.18. The van der Waals surface area contributed by atoms with E-state index >= 15 is 0 Å². The molecule has 2 aromatic rings. The highest BCUT2D eigenvalue weighted by Gasteiger charge is 2.21. The number of nitrogens with zero attached hydrogens (tertiary/aromatic N) is 1. The zero-order chi connectivity index (χ0) is 16.2. The van der Waals surface area contributed by atoms with Crippen LogP contribution in [0.3, 0.4) is 0 Å². The average Bonchev–Trinajstić information content (AvgIpc) is 2.57. The van der Waals surface area contributed by atoms with Crippen LogP contribution in [0.1, 0.15) is 36.5 Å². The van der Waals surface area contributed by atoms with Gasteiger partial charge in [0.2, 0.25) is 0 Å². The summed E-state index contributed by atoms with van der Waals surface area (Å²) in [6.45, 7) is 3.25. The van der Waals surface area contributed by atoms with Gasteiger partial charge in [-0.15, -0.1) is 0 Å². The summed E-state index contributed by atoms with van der Waals surface area (Å²) in [5.74, 6) is -0.109. The van der Waals surface area contributed by atoms with E-state index in [2.05, 4.69) is 17.1 Å². The van der Waals surface area contributed by atoms with Crippen LogP contribution < -0.4 is 16.0 Å². The molecule has 1 atom stereocenters. The van der Waals surface area contributed by atoms with Gasteiger partial charge in [0.15, 0.2) is 0 Å². The van der Waals surface area contributed by atoms with Gasteiger partial charge < -0.3 is 16.0 Å². The normalized spacial score (nSPS) is 17.8. The molecular formula is C19H23N3O. The second kappa shape index (κ2) is 6.73. The van der Waals surface area contributed by atoms with Gasteiger partial charge in [-0.1, -0.05) is 18.2 Å². The minimum absolute atomic E-state index is 0.109. The number of nitrogens with one attached hydrogen (secondary N) is 1. The molecule has 0 radical (unpaired) electrons. The zero-order valence-electron chi connectivity index (χ0n) is 13.5. The van der Waals surface area contributed by atoms with Crippen molar-refractivity contribution < 1.29 is 4.79 Å². The van der Waals surface area contributed by atoms with Crippen molar-refractivity contribution in [1.29, 1.82) is 0 Å². The van der Waals surface area contributed by atoms with Gasteiger partial charge >= 0.3 is 0 Å². The number of amides is 1. The van der Waals surface area contributed by atoms with Crippen molar-refractivity contribution in [2.24, 2.45) is 0 Å². The summed E-state index contributed by atoms with van der Waals surface area (Å²) in [6.07, 6.45) is 3.62. The van der Waals surface area contributed by atoms with Gasteiger partial charge in [0, 0.05) is 23.8 Å². The van der Waals surface area contributed by atoms with Crippen LogP contribution in [0.25, 0.3) is 0 Å². The topological polar surface area (TPSA) is 58.4 Å². The lowest BCUT2D eigenvalue weighted by atomic mass is 10.0. The van der Waals surface area contributed by atoms with Crippen molar-refractivity contribution in [1.82, 2.24) is 0 Å². The maximum atomic E-state index is 12.5. The lowest BCUT2D eigenvalue weighted by Crippen LogP contribution is -2.38. The standard InChI is InChI=1S/C19H23N3O/c1-14-7-5-6-12-22(14)18-11-10-16(20)13-17(18)21-19(23)15-8-3-2-4-9-15/h2-4,8-11,13-14H,5-7,12,20H2,1H3,(H,21,23)/t14-/m0/s1. The van der Waals surface area contributed by atoms with Crippen molar-refractivity contribution in [3.05, 3.63) is 54.1 Å². The first-order chi connectivity index (χ1) is 11.1. The molecule has 1 aliphatic rings. The van der Waals surface area contributed by atoms with Gasteiger partial charge in [0.25, 0.3) is 5.91 Å². The summed E-state index contributed by atoms with van der Waals surface area (Å²) < 4.78 is 0. The Morgan fingerprint density at radius 3 is 2.70 bits per heavy atom. The molecule has 0 bridgehead atoms. The third kappa shape index (κ3) is 3.47. The molecule has 2 aromatic carbocycles. The molecule has 3 N–H and O–H groups in total. The third-order valence-corrected chi connectivity index (χ3v) is 4.42. The van der Waals surface area contributed by atoms with Gasteiger partial charge in [-0.2, -0.15) is 0 Å². The molecule has 4 nitrogen and oxygen atoms in total. The number of rotatable bonds is 3. The summed E-state index contributed by atoms with van der Waals surface area (Å²) in [5.41, 5.74) is 9.07. The predicted molar refractivity (Wildman–Crippen MR) is 95.9 cm³/mol. The fourth-order valence-corrected chi connectivity index (χ4v) is 3.14. The van der Waals surface area contributed by atoms with E-state index in [1.165, 1.54) is 19.3 Å². The summed E-state index contributed by atoms with van der Waals surface area (Å²) >= 11 is 0. The molecule has 0 saturated carbocycles. The molecule has 1 heterocycles. The Bertz CT molecular complexity index is 684. The Balaban J connectivity index is 1.89.